The molecule has 0 radical (unpaired) electrons. The van der Waals surface area contributed by atoms with Gasteiger partial charge in [0.25, 0.3) is 0 Å². The standard InChI is InChI=1S/C13H10N2O4S/c16-13(17)7-9-1-3-10(4-2-9)20-11-5-6-12(14-8-11)15(18)19/h1-6,8H,7H2,(H,16,17). The monoisotopic (exact) mass is 290 g/mol. The Morgan fingerprint density at radius 1 is 1.20 bits per heavy atom. The van der Waals surface area contributed by atoms with Gasteiger partial charge in [-0.2, -0.15) is 0 Å². The molecule has 0 aliphatic heterocycles. The first kappa shape index (κ1) is 14.0. The van der Waals surface area contributed by atoms with Gasteiger partial charge in [0.2, 0.25) is 0 Å². The highest BCUT2D eigenvalue weighted by Crippen LogP contribution is 2.28. The quantitative estimate of drug-likeness (QED) is 0.672. The number of hydrogen-bond acceptors (Lipinski definition) is 5. The third-order valence-electron chi connectivity index (χ3n) is 2.42. The van der Waals surface area contributed by atoms with Crippen LogP contribution < -0.4 is 0 Å². The summed E-state index contributed by atoms with van der Waals surface area (Å²) in [7, 11) is 0. The molecule has 0 aliphatic carbocycles. The number of pyridine rings is 1. The predicted octanol–water partition coefficient (Wildman–Crippen LogP) is 2.77. The molecule has 7 heteroatoms. The van der Waals surface area contributed by atoms with Crippen LogP contribution in [0.1, 0.15) is 5.56 Å². The van der Waals surface area contributed by atoms with E-state index in [0.717, 1.165) is 15.4 Å². The maximum absolute atomic E-state index is 10.6. The van der Waals surface area contributed by atoms with Crippen molar-refractivity contribution in [2.45, 2.75) is 16.2 Å². The summed E-state index contributed by atoms with van der Waals surface area (Å²) in [4.78, 5) is 25.9. The molecule has 20 heavy (non-hydrogen) atoms. The second-order valence-corrected chi connectivity index (χ2v) is 5.07. The largest absolute Gasteiger partial charge is 0.481 e. The van der Waals surface area contributed by atoms with Gasteiger partial charge in [-0.1, -0.05) is 23.9 Å². The number of carboxylic acids is 1. The van der Waals surface area contributed by atoms with E-state index in [1.165, 1.54) is 24.0 Å². The Hall–Kier alpha value is -2.41. The van der Waals surface area contributed by atoms with E-state index in [1.807, 2.05) is 12.1 Å². The maximum atomic E-state index is 10.6. The fourth-order valence-electron chi connectivity index (χ4n) is 1.53. The molecule has 102 valence electrons. The first-order chi connectivity index (χ1) is 9.54. The third kappa shape index (κ3) is 3.79. The van der Waals surface area contributed by atoms with Crippen molar-refractivity contribution < 1.29 is 14.8 Å². The molecule has 1 heterocycles. The number of aromatic nitrogens is 1. The molecule has 2 aromatic rings. The van der Waals surface area contributed by atoms with Gasteiger partial charge < -0.3 is 15.2 Å². The number of nitrogens with zero attached hydrogens (tertiary/aromatic N) is 2. The van der Waals surface area contributed by atoms with Gasteiger partial charge in [0.15, 0.2) is 6.20 Å². The summed E-state index contributed by atoms with van der Waals surface area (Å²) in [6.45, 7) is 0. The average Bonchev–Trinajstić information content (AvgIpc) is 2.41. The van der Waals surface area contributed by atoms with Crippen LogP contribution >= 0.6 is 11.8 Å². The van der Waals surface area contributed by atoms with E-state index in [9.17, 15) is 14.9 Å². The van der Waals surface area contributed by atoms with E-state index in [2.05, 4.69) is 4.98 Å². The highest BCUT2D eigenvalue weighted by molar-refractivity contribution is 7.99. The number of carbonyl (C=O) groups is 1. The van der Waals surface area contributed by atoms with Crippen molar-refractivity contribution in [1.29, 1.82) is 0 Å². The normalized spacial score (nSPS) is 10.2. The molecule has 0 saturated heterocycles. The van der Waals surface area contributed by atoms with Gasteiger partial charge in [-0.15, -0.1) is 0 Å². The first-order valence-electron chi connectivity index (χ1n) is 5.63. The lowest BCUT2D eigenvalue weighted by Gasteiger charge is -2.01. The summed E-state index contributed by atoms with van der Waals surface area (Å²) in [5.74, 6) is -1.06. The molecule has 6 nitrogen and oxygen atoms in total. The molecule has 0 saturated carbocycles. The lowest BCUT2D eigenvalue weighted by atomic mass is 10.2. The molecule has 0 bridgehead atoms. The van der Waals surface area contributed by atoms with Crippen LogP contribution in [0.2, 0.25) is 0 Å². The zero-order valence-corrected chi connectivity index (χ0v) is 11.0. The second kappa shape index (κ2) is 6.16. The van der Waals surface area contributed by atoms with Crippen LogP contribution in [-0.4, -0.2) is 21.0 Å². The topological polar surface area (TPSA) is 93.3 Å². The van der Waals surface area contributed by atoms with Crippen molar-refractivity contribution in [3.8, 4) is 0 Å². The number of carboxylic acid groups (broad SMARTS) is 1. The van der Waals surface area contributed by atoms with Gasteiger partial charge in [-0.05, 0) is 33.7 Å². The minimum atomic E-state index is -0.870. The molecule has 0 aliphatic rings. The summed E-state index contributed by atoms with van der Waals surface area (Å²) in [6, 6.07) is 10.1. The minimum absolute atomic E-state index is 0.00989. The number of aliphatic carboxylic acids is 1. The van der Waals surface area contributed by atoms with E-state index >= 15 is 0 Å². The molecule has 0 spiro atoms. The van der Waals surface area contributed by atoms with Crippen LogP contribution in [0.15, 0.2) is 52.4 Å². The van der Waals surface area contributed by atoms with Crippen molar-refractivity contribution in [1.82, 2.24) is 4.98 Å². The highest BCUT2D eigenvalue weighted by atomic mass is 32.2. The third-order valence-corrected chi connectivity index (χ3v) is 3.41. The minimum Gasteiger partial charge on any atom is -0.481 e. The summed E-state index contributed by atoms with van der Waals surface area (Å²) in [5.41, 5.74) is 0.726. The smallest absolute Gasteiger partial charge is 0.363 e. The van der Waals surface area contributed by atoms with Gasteiger partial charge in [-0.25, -0.2) is 0 Å². The lowest BCUT2D eigenvalue weighted by Crippen LogP contribution is -1.99. The van der Waals surface area contributed by atoms with Gasteiger partial charge in [0.1, 0.15) is 0 Å². The van der Waals surface area contributed by atoms with Gasteiger partial charge in [-0.3, -0.25) is 4.79 Å². The first-order valence-corrected chi connectivity index (χ1v) is 6.45. The van der Waals surface area contributed by atoms with E-state index in [4.69, 9.17) is 5.11 Å². The summed E-state index contributed by atoms with van der Waals surface area (Å²) in [6.07, 6.45) is 1.43. The Bertz CT molecular complexity index is 626. The molecule has 2 rings (SSSR count). The number of hydrogen-bond donors (Lipinski definition) is 1. The zero-order valence-electron chi connectivity index (χ0n) is 10.2. The Kier molecular flexibility index (Phi) is 4.31. The average molecular weight is 290 g/mol. The molecule has 0 fully saturated rings. The van der Waals surface area contributed by atoms with Gasteiger partial charge in [0, 0.05) is 11.0 Å². The number of nitro groups is 1. The Balaban J connectivity index is 2.06. The lowest BCUT2D eigenvalue weighted by molar-refractivity contribution is -0.389. The Morgan fingerprint density at radius 3 is 2.35 bits per heavy atom. The molecular formula is C13H10N2O4S. The van der Waals surface area contributed by atoms with E-state index in [-0.39, 0.29) is 12.2 Å². The van der Waals surface area contributed by atoms with Gasteiger partial charge in [0.05, 0.1) is 11.3 Å². The van der Waals surface area contributed by atoms with Crippen LogP contribution in [-0.2, 0) is 11.2 Å². The summed E-state index contributed by atoms with van der Waals surface area (Å²) < 4.78 is 0. The van der Waals surface area contributed by atoms with Crippen molar-refractivity contribution in [2.24, 2.45) is 0 Å². The Labute approximate surface area is 118 Å². The fourth-order valence-corrected chi connectivity index (χ4v) is 2.31. The summed E-state index contributed by atoms with van der Waals surface area (Å²) in [5, 5.41) is 19.2. The molecule has 0 unspecified atom stereocenters. The predicted molar refractivity (Wildman–Crippen MR) is 72.8 cm³/mol. The highest BCUT2D eigenvalue weighted by Gasteiger charge is 2.07. The van der Waals surface area contributed by atoms with Crippen LogP contribution in [0, 0.1) is 10.1 Å². The number of benzene rings is 1. The fraction of sp³-hybridized carbons (Fsp3) is 0.0769. The van der Waals surface area contributed by atoms with Crippen molar-refractivity contribution in [3.63, 3.8) is 0 Å². The van der Waals surface area contributed by atoms with E-state index in [1.54, 1.807) is 18.2 Å². The zero-order chi connectivity index (χ0) is 14.5. The SMILES string of the molecule is O=C(O)Cc1ccc(Sc2ccc([N+](=O)[O-])nc2)cc1. The van der Waals surface area contributed by atoms with Crippen LogP contribution in [0.5, 0.6) is 0 Å². The molecule has 1 N–H and O–H groups in total. The van der Waals surface area contributed by atoms with Crippen LogP contribution in [0.4, 0.5) is 5.82 Å². The van der Waals surface area contributed by atoms with E-state index in [0.29, 0.717) is 0 Å². The second-order valence-electron chi connectivity index (χ2n) is 3.93. The van der Waals surface area contributed by atoms with Crippen molar-refractivity contribution in [2.75, 3.05) is 0 Å². The van der Waals surface area contributed by atoms with Crippen LogP contribution in [0.25, 0.3) is 0 Å². The van der Waals surface area contributed by atoms with E-state index < -0.39 is 10.9 Å². The summed E-state index contributed by atoms with van der Waals surface area (Å²) >= 11 is 1.40. The molecule has 1 aromatic heterocycles. The molecule has 0 atom stereocenters. The number of rotatable bonds is 5. The van der Waals surface area contributed by atoms with Gasteiger partial charge >= 0.3 is 11.8 Å². The molecule has 1 aromatic carbocycles. The van der Waals surface area contributed by atoms with Crippen molar-refractivity contribution >= 4 is 23.5 Å². The maximum Gasteiger partial charge on any atom is 0.363 e. The Morgan fingerprint density at radius 2 is 1.85 bits per heavy atom. The van der Waals surface area contributed by atoms with Crippen LogP contribution in [0.3, 0.4) is 0 Å². The molecular weight excluding hydrogens is 280 g/mol. The van der Waals surface area contributed by atoms with Crippen molar-refractivity contribution in [3.05, 3.63) is 58.3 Å². The molecule has 0 amide bonds.